The van der Waals surface area contributed by atoms with Crippen LogP contribution in [0.4, 0.5) is 0 Å². The average Bonchev–Trinajstić information content (AvgIpc) is 2.98. The summed E-state index contributed by atoms with van der Waals surface area (Å²) in [4.78, 5) is 7.03. The first-order chi connectivity index (χ1) is 10.1. The Kier molecular flexibility index (Phi) is 5.11. The summed E-state index contributed by atoms with van der Waals surface area (Å²) in [7, 11) is -3.65. The lowest BCUT2D eigenvalue weighted by Crippen LogP contribution is -2.26. The molecule has 1 heterocycles. The molecule has 0 unspecified atom stereocenters. The van der Waals surface area contributed by atoms with Gasteiger partial charge in [0.05, 0.1) is 4.90 Å². The van der Waals surface area contributed by atoms with Crippen molar-refractivity contribution < 1.29 is 13.5 Å². The summed E-state index contributed by atoms with van der Waals surface area (Å²) >= 11 is 0. The van der Waals surface area contributed by atoms with Gasteiger partial charge in [0.2, 0.25) is 10.0 Å². The molecule has 0 aliphatic rings. The fraction of sp³-hybridized carbons (Fsp3) is 0.214. The number of aromatic nitrogens is 2. The fourth-order valence-corrected chi connectivity index (χ4v) is 2.95. The van der Waals surface area contributed by atoms with Gasteiger partial charge in [0.1, 0.15) is 12.4 Å². The Morgan fingerprint density at radius 1 is 1.33 bits per heavy atom. The molecule has 0 bridgehead atoms. The molecule has 0 radical (unpaired) electrons. The summed E-state index contributed by atoms with van der Waals surface area (Å²) in [5, 5.41) is 8.72. The number of H-pyrrole nitrogens is 1. The highest BCUT2D eigenvalue weighted by Gasteiger charge is 2.16. The maximum Gasteiger partial charge on any atom is 0.241 e. The number of nitrogens with zero attached hydrogens (tertiary/aromatic N) is 1. The van der Waals surface area contributed by atoms with Gasteiger partial charge in [-0.15, -0.1) is 0 Å². The molecule has 0 aliphatic carbocycles. The maximum atomic E-state index is 12.3. The number of aliphatic hydroxyl groups excluding tert-OH is 1. The standard InChI is InChI=1S/C14H15N3O3S/c18-11-3-5-12-4-1-2-6-13(12)21(19,20)17-8-7-14-15-9-10-16-14/h1-2,4,6,9-10,17-18H,7-8,11H2,(H,15,16). The molecule has 0 saturated heterocycles. The van der Waals surface area contributed by atoms with Crippen molar-refractivity contribution in [3.05, 3.63) is 48.0 Å². The minimum atomic E-state index is -3.65. The summed E-state index contributed by atoms with van der Waals surface area (Å²) in [6.45, 7) is -0.0854. The quantitative estimate of drug-likeness (QED) is 0.691. The van der Waals surface area contributed by atoms with E-state index in [4.69, 9.17) is 5.11 Å². The fourth-order valence-electron chi connectivity index (χ4n) is 1.76. The first kappa shape index (κ1) is 15.3. The van der Waals surface area contributed by atoms with Crippen LogP contribution in [0.25, 0.3) is 0 Å². The van der Waals surface area contributed by atoms with Gasteiger partial charge in [-0.3, -0.25) is 0 Å². The van der Waals surface area contributed by atoms with E-state index in [9.17, 15) is 8.42 Å². The molecule has 21 heavy (non-hydrogen) atoms. The molecular formula is C14H15N3O3S. The van der Waals surface area contributed by atoms with Gasteiger partial charge in [-0.1, -0.05) is 24.0 Å². The maximum absolute atomic E-state index is 12.3. The van der Waals surface area contributed by atoms with Crippen molar-refractivity contribution in [3.8, 4) is 11.8 Å². The van der Waals surface area contributed by atoms with Gasteiger partial charge in [-0.2, -0.15) is 0 Å². The molecule has 7 heteroatoms. The van der Waals surface area contributed by atoms with Gasteiger partial charge in [0.25, 0.3) is 0 Å². The lowest BCUT2D eigenvalue weighted by molar-refractivity contribution is 0.350. The van der Waals surface area contributed by atoms with Crippen LogP contribution in [0.5, 0.6) is 0 Å². The van der Waals surface area contributed by atoms with E-state index in [1.807, 2.05) is 0 Å². The molecule has 0 aliphatic heterocycles. The molecule has 2 rings (SSSR count). The average molecular weight is 305 g/mol. The third-order valence-electron chi connectivity index (χ3n) is 2.69. The predicted molar refractivity (Wildman–Crippen MR) is 77.9 cm³/mol. The van der Waals surface area contributed by atoms with Crippen molar-refractivity contribution in [2.75, 3.05) is 13.2 Å². The number of hydrogen-bond donors (Lipinski definition) is 3. The third kappa shape index (κ3) is 4.16. The van der Waals surface area contributed by atoms with Crippen molar-refractivity contribution in [1.29, 1.82) is 0 Å². The number of aliphatic hydroxyl groups is 1. The van der Waals surface area contributed by atoms with Gasteiger partial charge in [0.15, 0.2) is 0 Å². The van der Waals surface area contributed by atoms with E-state index >= 15 is 0 Å². The Morgan fingerprint density at radius 2 is 2.14 bits per heavy atom. The zero-order valence-electron chi connectivity index (χ0n) is 11.2. The normalized spacial score (nSPS) is 10.9. The summed E-state index contributed by atoms with van der Waals surface area (Å²) in [6.07, 6.45) is 3.77. The summed E-state index contributed by atoms with van der Waals surface area (Å²) in [5.41, 5.74) is 0.358. The first-order valence-corrected chi connectivity index (χ1v) is 7.78. The van der Waals surface area contributed by atoms with Crippen LogP contribution in [0.15, 0.2) is 41.6 Å². The molecule has 1 aromatic carbocycles. The molecule has 6 nitrogen and oxygen atoms in total. The van der Waals surface area contributed by atoms with Crippen LogP contribution < -0.4 is 4.72 Å². The summed E-state index contributed by atoms with van der Waals surface area (Å²) in [5.74, 6) is 5.80. The van der Waals surface area contributed by atoms with E-state index in [1.54, 1.807) is 30.6 Å². The Bertz CT molecular complexity index is 743. The smallest absolute Gasteiger partial charge is 0.241 e. The second-order valence-corrected chi connectivity index (χ2v) is 5.88. The number of rotatable bonds is 5. The Labute approximate surface area is 123 Å². The summed E-state index contributed by atoms with van der Waals surface area (Å²) < 4.78 is 27.1. The second kappa shape index (κ2) is 7.04. The van der Waals surface area contributed by atoms with Crippen LogP contribution in [0.1, 0.15) is 11.4 Å². The molecule has 1 aromatic heterocycles. The largest absolute Gasteiger partial charge is 0.384 e. The van der Waals surface area contributed by atoms with E-state index in [-0.39, 0.29) is 18.0 Å². The SMILES string of the molecule is O=S(=O)(NCCc1ncc[nH]1)c1ccccc1C#CCO. The molecule has 0 saturated carbocycles. The van der Waals surface area contributed by atoms with Crippen molar-refractivity contribution in [3.63, 3.8) is 0 Å². The van der Waals surface area contributed by atoms with Crippen LogP contribution in [0, 0.1) is 11.8 Å². The zero-order chi connectivity index (χ0) is 15.1. The van der Waals surface area contributed by atoms with E-state index in [2.05, 4.69) is 26.5 Å². The number of nitrogens with one attached hydrogen (secondary N) is 2. The highest BCUT2D eigenvalue weighted by Crippen LogP contribution is 2.14. The number of imidazole rings is 1. The van der Waals surface area contributed by atoms with Gasteiger partial charge in [0, 0.05) is 30.9 Å². The molecule has 0 spiro atoms. The number of sulfonamides is 1. The molecule has 0 fully saturated rings. The second-order valence-electron chi connectivity index (χ2n) is 4.14. The third-order valence-corrected chi connectivity index (χ3v) is 4.21. The predicted octanol–water partition coefficient (Wildman–Crippen LogP) is 0.274. The van der Waals surface area contributed by atoms with E-state index in [0.29, 0.717) is 17.8 Å². The van der Waals surface area contributed by atoms with Gasteiger partial charge in [-0.25, -0.2) is 18.1 Å². The van der Waals surface area contributed by atoms with E-state index in [1.165, 1.54) is 6.07 Å². The minimum Gasteiger partial charge on any atom is -0.384 e. The summed E-state index contributed by atoms with van der Waals surface area (Å²) in [6, 6.07) is 6.41. The van der Waals surface area contributed by atoms with Crippen molar-refractivity contribution in [2.45, 2.75) is 11.3 Å². The highest BCUT2D eigenvalue weighted by molar-refractivity contribution is 7.89. The Balaban J connectivity index is 2.12. The number of aromatic amines is 1. The Morgan fingerprint density at radius 3 is 2.86 bits per heavy atom. The highest BCUT2D eigenvalue weighted by atomic mass is 32.2. The van der Waals surface area contributed by atoms with E-state index in [0.717, 1.165) is 0 Å². The van der Waals surface area contributed by atoms with Gasteiger partial charge >= 0.3 is 0 Å². The van der Waals surface area contributed by atoms with Crippen LogP contribution in [-0.2, 0) is 16.4 Å². The molecule has 110 valence electrons. The van der Waals surface area contributed by atoms with Crippen molar-refractivity contribution in [2.24, 2.45) is 0 Å². The van der Waals surface area contributed by atoms with Crippen LogP contribution in [0.2, 0.25) is 0 Å². The first-order valence-electron chi connectivity index (χ1n) is 6.30. The lowest BCUT2D eigenvalue weighted by Gasteiger charge is -2.07. The molecule has 0 amide bonds. The molecule has 0 atom stereocenters. The molecule has 3 N–H and O–H groups in total. The van der Waals surface area contributed by atoms with Crippen LogP contribution in [-0.4, -0.2) is 36.6 Å². The zero-order valence-corrected chi connectivity index (χ0v) is 12.0. The van der Waals surface area contributed by atoms with Crippen LogP contribution >= 0.6 is 0 Å². The van der Waals surface area contributed by atoms with Crippen molar-refractivity contribution >= 4 is 10.0 Å². The number of hydrogen-bond acceptors (Lipinski definition) is 4. The topological polar surface area (TPSA) is 95.1 Å². The van der Waals surface area contributed by atoms with E-state index < -0.39 is 10.0 Å². The minimum absolute atomic E-state index is 0.102. The van der Waals surface area contributed by atoms with Gasteiger partial charge < -0.3 is 10.1 Å². The van der Waals surface area contributed by atoms with Gasteiger partial charge in [-0.05, 0) is 12.1 Å². The van der Waals surface area contributed by atoms with Crippen molar-refractivity contribution in [1.82, 2.24) is 14.7 Å². The van der Waals surface area contributed by atoms with Crippen LogP contribution in [0.3, 0.4) is 0 Å². The number of benzene rings is 1. The lowest BCUT2D eigenvalue weighted by atomic mass is 10.2. The Hall–Kier alpha value is -2.14. The molecule has 2 aromatic rings. The molecular weight excluding hydrogens is 290 g/mol. The monoisotopic (exact) mass is 305 g/mol.